The lowest BCUT2D eigenvalue weighted by atomic mass is 9.71. The number of rotatable bonds is 7. The lowest BCUT2D eigenvalue weighted by molar-refractivity contribution is 0.435. The molecule has 5 aromatic carbocycles. The van der Waals surface area contributed by atoms with Gasteiger partial charge in [-0.05, 0) is 108 Å². The van der Waals surface area contributed by atoms with Crippen LogP contribution in [0.25, 0.3) is 11.1 Å². The van der Waals surface area contributed by atoms with Gasteiger partial charge in [-0.3, -0.25) is 0 Å². The number of nitrogens with zero attached hydrogens (tertiary/aromatic N) is 2. The van der Waals surface area contributed by atoms with Crippen molar-refractivity contribution in [2.75, 3.05) is 4.90 Å². The Bertz CT molecular complexity index is 1750. The van der Waals surface area contributed by atoms with Crippen LogP contribution in [0.15, 0.2) is 121 Å². The van der Waals surface area contributed by atoms with E-state index in [4.69, 9.17) is 0 Å². The summed E-state index contributed by atoms with van der Waals surface area (Å²) in [6, 6.07) is 44.6. The van der Waals surface area contributed by atoms with Crippen molar-refractivity contribution in [2.45, 2.75) is 44.9 Å². The van der Waals surface area contributed by atoms with E-state index in [-0.39, 0.29) is 5.41 Å². The van der Waals surface area contributed by atoms with Crippen molar-refractivity contribution >= 4 is 17.1 Å². The molecule has 0 spiro atoms. The lowest BCUT2D eigenvalue weighted by Crippen LogP contribution is -2.25. The monoisotopic (exact) mass is 542 g/mol. The van der Waals surface area contributed by atoms with Crippen LogP contribution in [0, 0.1) is 23.2 Å². The van der Waals surface area contributed by atoms with Crippen LogP contribution in [-0.2, 0) is 5.41 Å². The third kappa shape index (κ3) is 4.98. The van der Waals surface area contributed by atoms with Crippen molar-refractivity contribution in [3.05, 3.63) is 149 Å². The molecule has 204 valence electrons. The number of fused-ring (bicyclic) bond motifs is 3. The minimum atomic E-state index is -0.0707. The van der Waals surface area contributed by atoms with Crippen LogP contribution in [0.4, 0.5) is 17.1 Å². The van der Waals surface area contributed by atoms with Gasteiger partial charge < -0.3 is 4.90 Å². The van der Waals surface area contributed by atoms with Crippen molar-refractivity contribution in [3.63, 3.8) is 0 Å². The molecule has 0 atom stereocenters. The fourth-order valence-corrected chi connectivity index (χ4v) is 6.60. The van der Waals surface area contributed by atoms with Crippen LogP contribution in [0.3, 0.4) is 0 Å². The fourth-order valence-electron chi connectivity index (χ4n) is 6.60. The van der Waals surface area contributed by atoms with E-state index in [1.54, 1.807) is 0 Å². The largest absolute Gasteiger partial charge is 0.311 e. The van der Waals surface area contributed by atoms with Crippen molar-refractivity contribution in [1.82, 2.24) is 0 Å². The van der Waals surface area contributed by atoms with Gasteiger partial charge in [-0.2, -0.15) is 5.26 Å². The maximum Gasteiger partial charge on any atom is 0.0991 e. The zero-order valence-electron chi connectivity index (χ0n) is 24.3. The van der Waals surface area contributed by atoms with E-state index in [1.807, 2.05) is 18.2 Å². The van der Waals surface area contributed by atoms with Crippen LogP contribution in [-0.4, -0.2) is 0 Å². The van der Waals surface area contributed by atoms with Gasteiger partial charge in [0.2, 0.25) is 0 Å². The molecule has 0 saturated heterocycles. The molecule has 0 bridgehead atoms. The number of hydrogen-bond donors (Lipinski definition) is 0. The highest BCUT2D eigenvalue weighted by Gasteiger charge is 2.42. The predicted molar refractivity (Wildman–Crippen MR) is 174 cm³/mol. The minimum absolute atomic E-state index is 0.0707. The van der Waals surface area contributed by atoms with E-state index < -0.39 is 0 Å². The van der Waals surface area contributed by atoms with E-state index in [0.29, 0.717) is 0 Å². The number of hydrogen-bond acceptors (Lipinski definition) is 2. The topological polar surface area (TPSA) is 27.0 Å². The van der Waals surface area contributed by atoms with Gasteiger partial charge in [-0.25, -0.2) is 0 Å². The lowest BCUT2D eigenvalue weighted by Gasteiger charge is -2.32. The van der Waals surface area contributed by atoms with Gasteiger partial charge >= 0.3 is 0 Å². The molecule has 0 amide bonds. The van der Waals surface area contributed by atoms with Crippen LogP contribution < -0.4 is 4.90 Å². The Hall–Kier alpha value is -5.05. The summed E-state index contributed by atoms with van der Waals surface area (Å²) in [6.45, 7) is 4.51. The molecular weight excluding hydrogens is 508 g/mol. The standard InChI is InChI=1S/C40H34N2/c1-3-25-40(26-4-2)38-27-31(19-23-36(38)37-24-20-32(29-41)28-39(37)40)16-15-30-17-21-35(22-18-30)42(33-11-7-5-8-12-33)34-13-9-6-10-14-34/h5-14,17-24,27-28H,3-4,25-26H2,1-2H3. The molecule has 5 aromatic rings. The maximum atomic E-state index is 9.63. The molecule has 42 heavy (non-hydrogen) atoms. The van der Waals surface area contributed by atoms with Gasteiger partial charge in [0, 0.05) is 33.6 Å². The van der Waals surface area contributed by atoms with Gasteiger partial charge in [-0.1, -0.05) is 87.1 Å². The zero-order valence-corrected chi connectivity index (χ0v) is 24.3. The first kappa shape index (κ1) is 27.1. The highest BCUT2D eigenvalue weighted by Crippen LogP contribution is 2.54. The number of para-hydroxylation sites is 2. The van der Waals surface area contributed by atoms with Gasteiger partial charge in [0.25, 0.3) is 0 Å². The smallest absolute Gasteiger partial charge is 0.0991 e. The first-order chi connectivity index (χ1) is 20.7. The number of nitriles is 1. The first-order valence-electron chi connectivity index (χ1n) is 14.9. The van der Waals surface area contributed by atoms with Crippen molar-refractivity contribution in [2.24, 2.45) is 0 Å². The molecular formula is C40H34N2. The molecule has 6 rings (SSSR count). The molecule has 0 aromatic heterocycles. The normalized spacial score (nSPS) is 12.4. The van der Waals surface area contributed by atoms with Crippen LogP contribution >= 0.6 is 0 Å². The summed E-state index contributed by atoms with van der Waals surface area (Å²) in [6.07, 6.45) is 4.29. The molecule has 0 N–H and O–H groups in total. The minimum Gasteiger partial charge on any atom is -0.311 e. The van der Waals surface area contributed by atoms with Gasteiger partial charge in [-0.15, -0.1) is 0 Å². The van der Waals surface area contributed by atoms with E-state index in [0.717, 1.165) is 59.4 Å². The average molecular weight is 543 g/mol. The molecule has 1 aliphatic rings. The summed E-state index contributed by atoms with van der Waals surface area (Å²) in [5.41, 5.74) is 11.2. The second-order valence-corrected chi connectivity index (χ2v) is 11.0. The first-order valence-corrected chi connectivity index (χ1v) is 14.9. The molecule has 0 aliphatic heterocycles. The highest BCUT2D eigenvalue weighted by atomic mass is 15.1. The summed E-state index contributed by atoms with van der Waals surface area (Å²) < 4.78 is 0. The third-order valence-corrected chi connectivity index (χ3v) is 8.35. The Morgan fingerprint density at radius 2 is 1.00 bits per heavy atom. The average Bonchev–Trinajstić information content (AvgIpc) is 3.30. The predicted octanol–water partition coefficient (Wildman–Crippen LogP) is 10.3. The highest BCUT2D eigenvalue weighted by molar-refractivity contribution is 5.82. The summed E-state index contributed by atoms with van der Waals surface area (Å²) in [4.78, 5) is 2.26. The summed E-state index contributed by atoms with van der Waals surface area (Å²) in [7, 11) is 0. The van der Waals surface area contributed by atoms with E-state index in [1.165, 1.54) is 22.3 Å². The molecule has 2 nitrogen and oxygen atoms in total. The number of benzene rings is 5. The second kappa shape index (κ2) is 11.8. The quantitative estimate of drug-likeness (QED) is 0.191. The Kier molecular flexibility index (Phi) is 7.64. The molecule has 0 unspecified atom stereocenters. The molecule has 0 fully saturated rings. The Balaban J connectivity index is 1.34. The van der Waals surface area contributed by atoms with Gasteiger partial charge in [0.15, 0.2) is 0 Å². The molecule has 0 heterocycles. The van der Waals surface area contributed by atoms with Crippen molar-refractivity contribution < 1.29 is 0 Å². The molecule has 2 heteroatoms. The van der Waals surface area contributed by atoms with Crippen molar-refractivity contribution in [3.8, 4) is 29.0 Å². The second-order valence-electron chi connectivity index (χ2n) is 11.0. The van der Waals surface area contributed by atoms with Crippen molar-refractivity contribution in [1.29, 1.82) is 5.26 Å². The Morgan fingerprint density at radius 1 is 0.548 bits per heavy atom. The van der Waals surface area contributed by atoms with E-state index in [2.05, 4.69) is 140 Å². The van der Waals surface area contributed by atoms with Gasteiger partial charge in [0.05, 0.1) is 11.6 Å². The Morgan fingerprint density at radius 3 is 1.52 bits per heavy atom. The Labute approximate surface area is 249 Å². The molecule has 1 aliphatic carbocycles. The SMILES string of the molecule is CCCC1(CCC)c2cc(C#N)ccc2-c2ccc(C#Cc3ccc(N(c4ccccc4)c4ccccc4)cc3)cc21. The summed E-state index contributed by atoms with van der Waals surface area (Å²) in [5, 5.41) is 9.63. The number of anilines is 3. The summed E-state index contributed by atoms with van der Waals surface area (Å²) >= 11 is 0. The maximum absolute atomic E-state index is 9.63. The van der Waals surface area contributed by atoms with Crippen LogP contribution in [0.1, 0.15) is 67.3 Å². The van der Waals surface area contributed by atoms with Crippen LogP contribution in [0.5, 0.6) is 0 Å². The van der Waals surface area contributed by atoms with E-state index >= 15 is 0 Å². The van der Waals surface area contributed by atoms with E-state index in [9.17, 15) is 5.26 Å². The van der Waals surface area contributed by atoms with Crippen LogP contribution in [0.2, 0.25) is 0 Å². The fraction of sp³-hybridized carbons (Fsp3) is 0.175. The third-order valence-electron chi connectivity index (χ3n) is 8.35. The molecule has 0 radical (unpaired) electrons. The summed E-state index contributed by atoms with van der Waals surface area (Å²) in [5.74, 6) is 6.88. The zero-order chi connectivity index (χ0) is 28.9. The molecule has 0 saturated carbocycles. The van der Waals surface area contributed by atoms with Gasteiger partial charge in [0.1, 0.15) is 0 Å².